The molecular formula is C33H33BrO10. The number of ketones is 2. The number of aromatic hydroxyl groups is 1. The Morgan fingerprint density at radius 2 is 0.932 bits per heavy atom. The van der Waals surface area contributed by atoms with Gasteiger partial charge in [-0.15, -0.1) is 0 Å². The number of rotatable bonds is 14. The van der Waals surface area contributed by atoms with Crippen molar-refractivity contribution in [2.75, 3.05) is 49.8 Å². The minimum absolute atomic E-state index is 0.117. The first-order chi connectivity index (χ1) is 21.1. The third kappa shape index (κ3) is 7.73. The maximum atomic E-state index is 13.6. The van der Waals surface area contributed by atoms with Crippen LogP contribution in [-0.4, -0.2) is 66.4 Å². The average Bonchev–Trinajstić information content (AvgIpc) is 3.04. The van der Waals surface area contributed by atoms with Gasteiger partial charge in [0, 0.05) is 0 Å². The highest BCUT2D eigenvalue weighted by molar-refractivity contribution is 9.10. The van der Waals surface area contributed by atoms with Gasteiger partial charge in [-0.2, -0.15) is 0 Å². The van der Waals surface area contributed by atoms with E-state index in [1.807, 2.05) is 0 Å². The van der Waals surface area contributed by atoms with Crippen LogP contribution in [0, 0.1) is 0 Å². The number of carbonyl (C=O) groups excluding carboxylic acids is 2. The van der Waals surface area contributed by atoms with Crippen LogP contribution in [0.1, 0.15) is 16.7 Å². The van der Waals surface area contributed by atoms with E-state index in [0.29, 0.717) is 55.7 Å². The molecule has 1 N–H and O–H groups in total. The molecule has 0 unspecified atom stereocenters. The van der Waals surface area contributed by atoms with Crippen LogP contribution < -0.4 is 33.2 Å². The number of hydrogen-bond donors (Lipinski definition) is 1. The first-order valence-corrected chi connectivity index (χ1v) is 13.8. The lowest BCUT2D eigenvalue weighted by Crippen LogP contribution is -2.08. The lowest BCUT2D eigenvalue weighted by atomic mass is 10.00. The van der Waals surface area contributed by atoms with Gasteiger partial charge < -0.3 is 38.3 Å². The Morgan fingerprint density at radius 1 is 0.568 bits per heavy atom. The molecule has 0 saturated heterocycles. The standard InChI is InChI=1S/C33H33BrO10/c1-38-26-18-21(13-23(34)31(26)37)12-22(24(35)10-8-19-14-27(39-2)32(43-6)28(15-19)40-3)25(36)11-9-20-16-29(41-4)33(44-7)30(17-20)42-5/h8-18,37H,1-7H3/b10-8+,11-9+. The van der Waals surface area contributed by atoms with Gasteiger partial charge in [0.1, 0.15) is 0 Å². The number of phenols is 1. The zero-order chi connectivity index (χ0) is 32.4. The first kappa shape index (κ1) is 33.6. The Balaban J connectivity index is 2.08. The predicted molar refractivity (Wildman–Crippen MR) is 171 cm³/mol. The van der Waals surface area contributed by atoms with Crippen molar-refractivity contribution in [1.29, 1.82) is 0 Å². The van der Waals surface area contributed by atoms with E-state index in [1.165, 1.54) is 86.2 Å². The molecule has 0 radical (unpaired) electrons. The highest BCUT2D eigenvalue weighted by Crippen LogP contribution is 2.40. The third-order valence-corrected chi connectivity index (χ3v) is 6.95. The number of ether oxygens (including phenoxy) is 7. The molecule has 0 aliphatic carbocycles. The van der Waals surface area contributed by atoms with Gasteiger partial charge in [-0.25, -0.2) is 0 Å². The topological polar surface area (TPSA) is 119 Å². The fourth-order valence-corrected chi connectivity index (χ4v) is 4.64. The molecule has 0 spiro atoms. The summed E-state index contributed by atoms with van der Waals surface area (Å²) in [7, 11) is 10.3. The second kappa shape index (κ2) is 15.5. The summed E-state index contributed by atoms with van der Waals surface area (Å²) in [5.74, 6) is 1.29. The highest BCUT2D eigenvalue weighted by Gasteiger charge is 2.18. The van der Waals surface area contributed by atoms with Crippen LogP contribution in [0.25, 0.3) is 18.2 Å². The molecule has 0 aromatic heterocycles. The van der Waals surface area contributed by atoms with Gasteiger partial charge in [0.2, 0.25) is 11.5 Å². The molecule has 0 atom stereocenters. The number of carbonyl (C=O) groups is 2. The summed E-state index contributed by atoms with van der Waals surface area (Å²) in [5, 5.41) is 10.2. The van der Waals surface area contributed by atoms with Crippen LogP contribution in [0.5, 0.6) is 46.0 Å². The lowest BCUT2D eigenvalue weighted by molar-refractivity contribution is -0.116. The Kier molecular flexibility index (Phi) is 11.9. The van der Waals surface area contributed by atoms with Gasteiger partial charge >= 0.3 is 0 Å². The Hall–Kier alpha value is -4.90. The molecule has 0 heterocycles. The number of allylic oxidation sites excluding steroid dienone is 3. The van der Waals surface area contributed by atoms with E-state index >= 15 is 0 Å². The zero-order valence-corrected chi connectivity index (χ0v) is 26.9. The van der Waals surface area contributed by atoms with Crippen molar-refractivity contribution in [3.8, 4) is 46.0 Å². The molecule has 0 bridgehead atoms. The van der Waals surface area contributed by atoms with Crippen molar-refractivity contribution in [2.45, 2.75) is 0 Å². The summed E-state index contributed by atoms with van der Waals surface area (Å²) in [4.78, 5) is 27.1. The molecule has 0 aliphatic heterocycles. The van der Waals surface area contributed by atoms with Crippen molar-refractivity contribution < 1.29 is 47.9 Å². The van der Waals surface area contributed by atoms with Gasteiger partial charge in [-0.3, -0.25) is 9.59 Å². The molecule has 3 aromatic rings. The summed E-state index contributed by atoms with van der Waals surface area (Å²) in [6.45, 7) is 0. The molecule has 11 heteroatoms. The lowest BCUT2D eigenvalue weighted by Gasteiger charge is -2.13. The molecular weight excluding hydrogens is 636 g/mol. The molecule has 3 rings (SSSR count). The minimum Gasteiger partial charge on any atom is -0.503 e. The average molecular weight is 670 g/mol. The molecule has 44 heavy (non-hydrogen) atoms. The van der Waals surface area contributed by atoms with Crippen LogP contribution in [0.15, 0.2) is 58.6 Å². The third-order valence-electron chi connectivity index (χ3n) is 6.34. The summed E-state index contributed by atoms with van der Waals surface area (Å²) in [6, 6.07) is 9.74. The SMILES string of the molecule is COc1cc(C=C(C(=O)/C=C/c2cc(OC)c(OC)c(OC)c2)C(=O)/C=C/c2cc(OC)c(OC)c(OC)c2)cc(Br)c1O. The van der Waals surface area contributed by atoms with Crippen molar-refractivity contribution in [2.24, 2.45) is 0 Å². The molecule has 0 saturated carbocycles. The number of halogens is 1. The fourth-order valence-electron chi connectivity index (χ4n) is 4.18. The van der Waals surface area contributed by atoms with Gasteiger partial charge in [-0.05, 0) is 87.2 Å². The normalized spacial score (nSPS) is 10.8. The molecule has 0 aliphatic rings. The zero-order valence-electron chi connectivity index (χ0n) is 25.4. The van der Waals surface area contributed by atoms with Crippen LogP contribution in [0.2, 0.25) is 0 Å². The number of hydrogen-bond acceptors (Lipinski definition) is 10. The van der Waals surface area contributed by atoms with Crippen molar-refractivity contribution >= 4 is 45.7 Å². The fraction of sp³-hybridized carbons (Fsp3) is 0.212. The largest absolute Gasteiger partial charge is 0.503 e. The number of benzene rings is 3. The van der Waals surface area contributed by atoms with Gasteiger partial charge in [0.15, 0.2) is 46.1 Å². The highest BCUT2D eigenvalue weighted by atomic mass is 79.9. The molecule has 0 fully saturated rings. The summed E-state index contributed by atoms with van der Waals surface area (Å²) in [6.07, 6.45) is 7.01. The van der Waals surface area contributed by atoms with E-state index in [4.69, 9.17) is 33.2 Å². The van der Waals surface area contributed by atoms with E-state index in [-0.39, 0.29) is 17.1 Å². The van der Waals surface area contributed by atoms with Crippen LogP contribution >= 0.6 is 15.9 Å². The molecule has 10 nitrogen and oxygen atoms in total. The van der Waals surface area contributed by atoms with Crippen LogP contribution in [0.4, 0.5) is 0 Å². The van der Waals surface area contributed by atoms with Crippen molar-refractivity contribution in [3.63, 3.8) is 0 Å². The summed E-state index contributed by atoms with van der Waals surface area (Å²) < 4.78 is 37.8. The molecule has 3 aromatic carbocycles. The van der Waals surface area contributed by atoms with Gasteiger partial charge in [-0.1, -0.05) is 12.2 Å². The Morgan fingerprint density at radius 3 is 1.27 bits per heavy atom. The van der Waals surface area contributed by atoms with Crippen LogP contribution in [0.3, 0.4) is 0 Å². The minimum atomic E-state index is -0.582. The van der Waals surface area contributed by atoms with Crippen molar-refractivity contribution in [3.05, 3.63) is 75.3 Å². The Bertz CT molecular complexity index is 1480. The second-order valence-corrected chi connectivity index (χ2v) is 9.78. The van der Waals surface area contributed by atoms with E-state index in [1.54, 1.807) is 30.3 Å². The van der Waals surface area contributed by atoms with E-state index in [9.17, 15) is 14.7 Å². The van der Waals surface area contributed by atoms with E-state index in [2.05, 4.69) is 15.9 Å². The maximum Gasteiger partial charge on any atom is 0.203 e. The van der Waals surface area contributed by atoms with Gasteiger partial charge in [0.05, 0.1) is 59.8 Å². The van der Waals surface area contributed by atoms with Crippen molar-refractivity contribution in [1.82, 2.24) is 0 Å². The summed E-state index contributed by atoms with van der Waals surface area (Å²) >= 11 is 3.28. The van der Waals surface area contributed by atoms with E-state index in [0.717, 1.165) is 0 Å². The predicted octanol–water partition coefficient (Wildman–Crippen LogP) is 6.16. The quantitative estimate of drug-likeness (QED) is 0.121. The molecule has 232 valence electrons. The number of methoxy groups -OCH3 is 7. The first-order valence-electron chi connectivity index (χ1n) is 13.0. The van der Waals surface area contributed by atoms with Gasteiger partial charge in [0.25, 0.3) is 0 Å². The second-order valence-electron chi connectivity index (χ2n) is 8.92. The number of phenolic OH excluding ortho intramolecular Hbond substituents is 1. The summed E-state index contributed by atoms with van der Waals surface area (Å²) in [5.41, 5.74) is 1.42. The van der Waals surface area contributed by atoms with Crippen LogP contribution in [-0.2, 0) is 9.59 Å². The monoisotopic (exact) mass is 668 g/mol. The smallest absolute Gasteiger partial charge is 0.203 e. The molecule has 0 amide bonds. The van der Waals surface area contributed by atoms with E-state index < -0.39 is 11.6 Å². The Labute approximate surface area is 264 Å². The maximum absolute atomic E-state index is 13.6.